The Morgan fingerprint density at radius 1 is 1.07 bits per heavy atom. The van der Waals surface area contributed by atoms with Crippen LogP contribution >= 0.6 is 0 Å². The van der Waals surface area contributed by atoms with Crippen molar-refractivity contribution in [2.24, 2.45) is 0 Å². The molecule has 4 nitrogen and oxygen atoms in total. The Bertz CT molecular complexity index is 828. The zero-order valence-corrected chi connectivity index (χ0v) is 15.3. The van der Waals surface area contributed by atoms with E-state index in [-0.39, 0.29) is 5.75 Å². The molecule has 27 heavy (non-hydrogen) atoms. The van der Waals surface area contributed by atoms with E-state index in [1.165, 1.54) is 12.1 Å². The Labute approximate surface area is 156 Å². The molecule has 0 saturated carbocycles. The van der Waals surface area contributed by atoms with Gasteiger partial charge in [-0.3, -0.25) is 0 Å². The molecule has 7 heteroatoms. The zero-order chi connectivity index (χ0) is 20.2. The standard InChI is InChI=1S/C20H21F3N2O2/c1-13(2)14-6-5-7-15(12-14)19(3,4)25-18(26)24-16-8-10-17(11-9-16)27-20(21,22)23/h5-12H,1H2,2-4H3,(H2,24,25,26). The molecule has 0 radical (unpaired) electrons. The highest BCUT2D eigenvalue weighted by Gasteiger charge is 2.31. The van der Waals surface area contributed by atoms with E-state index in [4.69, 9.17) is 0 Å². The molecule has 0 heterocycles. The molecule has 2 amide bonds. The van der Waals surface area contributed by atoms with Crippen molar-refractivity contribution in [3.05, 3.63) is 66.2 Å². The Balaban J connectivity index is 2.04. The van der Waals surface area contributed by atoms with Gasteiger partial charge in [0, 0.05) is 5.69 Å². The Morgan fingerprint density at radius 2 is 1.70 bits per heavy atom. The van der Waals surface area contributed by atoms with Gasteiger partial charge in [0.05, 0.1) is 5.54 Å². The molecule has 144 valence electrons. The lowest BCUT2D eigenvalue weighted by atomic mass is 9.92. The summed E-state index contributed by atoms with van der Waals surface area (Å²) >= 11 is 0. The van der Waals surface area contributed by atoms with E-state index in [9.17, 15) is 18.0 Å². The second-order valence-corrected chi connectivity index (χ2v) is 6.64. The first kappa shape index (κ1) is 20.4. The van der Waals surface area contributed by atoms with Crippen LogP contribution in [-0.4, -0.2) is 12.4 Å². The molecular weight excluding hydrogens is 357 g/mol. The number of carbonyl (C=O) groups is 1. The van der Waals surface area contributed by atoms with Crippen LogP contribution in [0.25, 0.3) is 5.57 Å². The van der Waals surface area contributed by atoms with Gasteiger partial charge < -0.3 is 15.4 Å². The van der Waals surface area contributed by atoms with Crippen LogP contribution in [0.2, 0.25) is 0 Å². The predicted molar refractivity (Wildman–Crippen MR) is 99.5 cm³/mol. The summed E-state index contributed by atoms with van der Waals surface area (Å²) < 4.78 is 40.3. The minimum atomic E-state index is -4.76. The van der Waals surface area contributed by atoms with E-state index in [2.05, 4.69) is 21.9 Å². The number of amides is 2. The number of nitrogens with one attached hydrogen (secondary N) is 2. The lowest BCUT2D eigenvalue weighted by Crippen LogP contribution is -2.43. The Kier molecular flexibility index (Phi) is 5.83. The molecule has 0 unspecified atom stereocenters. The average molecular weight is 378 g/mol. The highest BCUT2D eigenvalue weighted by atomic mass is 19.4. The summed E-state index contributed by atoms with van der Waals surface area (Å²) in [6, 6.07) is 12.1. The molecule has 0 aromatic heterocycles. The Morgan fingerprint density at radius 3 is 2.26 bits per heavy atom. The quantitative estimate of drug-likeness (QED) is 0.704. The van der Waals surface area contributed by atoms with Crippen molar-refractivity contribution < 1.29 is 22.7 Å². The minimum absolute atomic E-state index is 0.341. The zero-order valence-electron chi connectivity index (χ0n) is 15.3. The number of rotatable bonds is 5. The van der Waals surface area contributed by atoms with Crippen LogP contribution in [-0.2, 0) is 5.54 Å². The molecule has 0 aliphatic carbocycles. The molecule has 0 atom stereocenters. The van der Waals surface area contributed by atoms with Crippen LogP contribution in [0.3, 0.4) is 0 Å². The van der Waals surface area contributed by atoms with Crippen LogP contribution < -0.4 is 15.4 Å². The monoisotopic (exact) mass is 378 g/mol. The lowest BCUT2D eigenvalue weighted by Gasteiger charge is -2.27. The molecule has 2 rings (SSSR count). The number of allylic oxidation sites excluding steroid dienone is 1. The second-order valence-electron chi connectivity index (χ2n) is 6.64. The minimum Gasteiger partial charge on any atom is -0.406 e. The van der Waals surface area contributed by atoms with Crippen LogP contribution in [0.4, 0.5) is 23.7 Å². The third-order valence-electron chi connectivity index (χ3n) is 3.85. The molecule has 0 saturated heterocycles. The van der Waals surface area contributed by atoms with Crippen molar-refractivity contribution in [2.45, 2.75) is 32.7 Å². The van der Waals surface area contributed by atoms with E-state index >= 15 is 0 Å². The number of urea groups is 1. The van der Waals surface area contributed by atoms with E-state index in [1.54, 1.807) is 0 Å². The molecule has 0 fully saturated rings. The number of ether oxygens (including phenoxy) is 1. The first-order chi connectivity index (χ1) is 12.5. The van der Waals surface area contributed by atoms with Gasteiger partial charge in [0.25, 0.3) is 0 Å². The summed E-state index contributed by atoms with van der Waals surface area (Å²) in [7, 11) is 0. The molecule has 0 aliphatic heterocycles. The molecule has 0 bridgehead atoms. The average Bonchev–Trinajstić information content (AvgIpc) is 2.55. The third kappa shape index (κ3) is 6.06. The van der Waals surface area contributed by atoms with Crippen molar-refractivity contribution >= 4 is 17.3 Å². The number of hydrogen-bond donors (Lipinski definition) is 2. The van der Waals surface area contributed by atoms with E-state index in [0.29, 0.717) is 5.69 Å². The summed E-state index contributed by atoms with van der Waals surface area (Å²) in [5, 5.41) is 5.44. The van der Waals surface area contributed by atoms with Crippen molar-refractivity contribution in [3.8, 4) is 5.75 Å². The van der Waals surface area contributed by atoms with Gasteiger partial charge in [0.15, 0.2) is 0 Å². The largest absolute Gasteiger partial charge is 0.573 e. The van der Waals surface area contributed by atoms with Crippen LogP contribution in [0, 0.1) is 0 Å². The van der Waals surface area contributed by atoms with Gasteiger partial charge >= 0.3 is 12.4 Å². The van der Waals surface area contributed by atoms with Crippen molar-refractivity contribution in [3.63, 3.8) is 0 Å². The number of alkyl halides is 3. The predicted octanol–water partition coefficient (Wildman–Crippen LogP) is 5.68. The summed E-state index contributed by atoms with van der Waals surface area (Å²) in [6.07, 6.45) is -4.76. The summed E-state index contributed by atoms with van der Waals surface area (Å²) in [5.41, 5.74) is 2.46. The van der Waals surface area contributed by atoms with Gasteiger partial charge in [0.1, 0.15) is 5.75 Å². The summed E-state index contributed by atoms with van der Waals surface area (Å²) in [5.74, 6) is -0.356. The van der Waals surface area contributed by atoms with Gasteiger partial charge in [-0.25, -0.2) is 4.79 Å². The topological polar surface area (TPSA) is 50.4 Å². The summed E-state index contributed by atoms with van der Waals surface area (Å²) in [4.78, 5) is 12.3. The molecule has 2 aromatic carbocycles. The molecule has 2 N–H and O–H groups in total. The van der Waals surface area contributed by atoms with Crippen molar-refractivity contribution in [1.82, 2.24) is 5.32 Å². The number of halogens is 3. The maximum atomic E-state index is 12.3. The van der Waals surface area contributed by atoms with E-state index in [0.717, 1.165) is 28.8 Å². The van der Waals surface area contributed by atoms with Gasteiger partial charge in [-0.2, -0.15) is 0 Å². The Hall–Kier alpha value is -2.96. The number of carbonyl (C=O) groups excluding carboxylic acids is 1. The van der Waals surface area contributed by atoms with Gasteiger partial charge in [-0.15, -0.1) is 13.2 Å². The first-order valence-electron chi connectivity index (χ1n) is 8.18. The number of anilines is 1. The molecular formula is C20H21F3N2O2. The molecule has 2 aromatic rings. The number of benzene rings is 2. The first-order valence-corrected chi connectivity index (χ1v) is 8.18. The highest BCUT2D eigenvalue weighted by molar-refractivity contribution is 5.89. The fourth-order valence-electron chi connectivity index (χ4n) is 2.43. The smallest absolute Gasteiger partial charge is 0.406 e. The van der Waals surface area contributed by atoms with E-state index in [1.807, 2.05) is 45.0 Å². The normalized spacial score (nSPS) is 11.6. The van der Waals surface area contributed by atoms with Crippen LogP contribution in [0.5, 0.6) is 5.75 Å². The second kappa shape index (κ2) is 7.73. The van der Waals surface area contributed by atoms with Crippen molar-refractivity contribution in [2.75, 3.05) is 5.32 Å². The maximum Gasteiger partial charge on any atom is 0.573 e. The number of hydrogen-bond acceptors (Lipinski definition) is 2. The van der Waals surface area contributed by atoms with Gasteiger partial charge in [-0.05, 0) is 62.2 Å². The van der Waals surface area contributed by atoms with Crippen LogP contribution in [0.15, 0.2) is 55.1 Å². The van der Waals surface area contributed by atoms with Crippen molar-refractivity contribution in [1.29, 1.82) is 0 Å². The van der Waals surface area contributed by atoms with Gasteiger partial charge in [-0.1, -0.05) is 30.4 Å². The van der Waals surface area contributed by atoms with E-state index < -0.39 is 17.9 Å². The third-order valence-corrected chi connectivity index (χ3v) is 3.85. The molecule has 0 spiro atoms. The maximum absolute atomic E-state index is 12.3. The fraction of sp³-hybridized carbons (Fsp3) is 0.250. The lowest BCUT2D eigenvalue weighted by molar-refractivity contribution is -0.274. The molecule has 0 aliphatic rings. The van der Waals surface area contributed by atoms with Crippen LogP contribution in [0.1, 0.15) is 31.9 Å². The summed E-state index contributed by atoms with van der Waals surface area (Å²) in [6.45, 7) is 9.52. The SMILES string of the molecule is C=C(C)c1cccc(C(C)(C)NC(=O)Nc2ccc(OC(F)(F)F)cc2)c1. The van der Waals surface area contributed by atoms with Gasteiger partial charge in [0.2, 0.25) is 0 Å². The fourth-order valence-corrected chi connectivity index (χ4v) is 2.43. The highest BCUT2D eigenvalue weighted by Crippen LogP contribution is 2.25.